The number of nitrogens with zero attached hydrogens (tertiary/aromatic N) is 4. The van der Waals surface area contributed by atoms with Crippen LogP contribution in [0.2, 0.25) is 0 Å². The summed E-state index contributed by atoms with van der Waals surface area (Å²) < 4.78 is 1.48. The van der Waals surface area contributed by atoms with Crippen LogP contribution in [0.15, 0.2) is 12.7 Å². The van der Waals surface area contributed by atoms with Crippen molar-refractivity contribution in [2.24, 2.45) is 5.73 Å². The first-order valence-electron chi connectivity index (χ1n) is 6.10. The number of hydrogen-bond donors (Lipinski definition) is 4. The van der Waals surface area contributed by atoms with Gasteiger partial charge in [0.25, 0.3) is 0 Å². The van der Waals surface area contributed by atoms with E-state index >= 15 is 0 Å². The Morgan fingerprint density at radius 3 is 2.76 bits per heavy atom. The first-order valence-corrected chi connectivity index (χ1v) is 6.10. The van der Waals surface area contributed by atoms with E-state index in [1.165, 1.54) is 24.1 Å². The van der Waals surface area contributed by atoms with Gasteiger partial charge < -0.3 is 26.5 Å². The number of anilines is 1. The smallest absolute Gasteiger partial charge is 0.328 e. The topological polar surface area (TPSA) is 162 Å². The molecule has 0 bridgehead atoms. The molecule has 112 valence electrons. The van der Waals surface area contributed by atoms with E-state index < -0.39 is 24.0 Å². The highest BCUT2D eigenvalue weighted by Gasteiger charge is 2.23. The summed E-state index contributed by atoms with van der Waals surface area (Å²) in [4.78, 5) is 34.6. The molecule has 0 aromatic carbocycles. The van der Waals surface area contributed by atoms with Crippen LogP contribution < -0.4 is 16.8 Å². The summed E-state index contributed by atoms with van der Waals surface area (Å²) in [7, 11) is 0. The minimum Gasteiger partial charge on any atom is -0.480 e. The van der Waals surface area contributed by atoms with E-state index in [0.717, 1.165) is 0 Å². The van der Waals surface area contributed by atoms with Gasteiger partial charge in [-0.15, -0.1) is 0 Å². The van der Waals surface area contributed by atoms with Crippen molar-refractivity contribution in [1.29, 1.82) is 0 Å². The number of amides is 1. The lowest BCUT2D eigenvalue weighted by Gasteiger charge is -2.16. The first-order chi connectivity index (χ1) is 9.90. The average Bonchev–Trinajstić information content (AvgIpc) is 2.82. The zero-order chi connectivity index (χ0) is 15.6. The predicted octanol–water partition coefficient (Wildman–Crippen LogP) is -1.67. The second-order valence-electron chi connectivity index (χ2n) is 4.52. The number of nitrogens with two attached hydrogens (primary N) is 2. The summed E-state index contributed by atoms with van der Waals surface area (Å²) in [5, 5.41) is 11.5. The number of carbonyl (C=O) groups excluding carboxylic acids is 1. The molecule has 2 aromatic heterocycles. The Morgan fingerprint density at radius 1 is 1.43 bits per heavy atom. The molecule has 0 saturated heterocycles. The quantitative estimate of drug-likeness (QED) is 0.508. The third-order valence-corrected chi connectivity index (χ3v) is 2.84. The number of hydrogen-bond acceptors (Lipinski definition) is 7. The van der Waals surface area contributed by atoms with E-state index in [2.05, 4.69) is 20.3 Å². The SMILES string of the molecule is C[C@H](N)C(=O)N[C@@H](Cn1cnc2c(N)ncnc21)C(=O)O. The van der Waals surface area contributed by atoms with E-state index in [9.17, 15) is 14.7 Å². The molecule has 0 aliphatic heterocycles. The first kappa shape index (κ1) is 14.7. The lowest BCUT2D eigenvalue weighted by atomic mass is 10.2. The van der Waals surface area contributed by atoms with Crippen LogP contribution in [-0.4, -0.2) is 48.6 Å². The van der Waals surface area contributed by atoms with Crippen LogP contribution in [0.25, 0.3) is 11.2 Å². The maximum absolute atomic E-state index is 11.5. The van der Waals surface area contributed by atoms with Gasteiger partial charge in [0.2, 0.25) is 5.91 Å². The summed E-state index contributed by atoms with van der Waals surface area (Å²) in [6.45, 7) is 1.41. The Balaban J connectivity index is 2.25. The largest absolute Gasteiger partial charge is 0.480 e. The fraction of sp³-hybridized carbons (Fsp3) is 0.364. The van der Waals surface area contributed by atoms with E-state index in [-0.39, 0.29) is 12.4 Å². The van der Waals surface area contributed by atoms with E-state index in [4.69, 9.17) is 11.5 Å². The molecule has 0 saturated carbocycles. The molecule has 2 atom stereocenters. The van der Waals surface area contributed by atoms with Gasteiger partial charge in [-0.3, -0.25) is 4.79 Å². The zero-order valence-electron chi connectivity index (χ0n) is 11.2. The number of carboxylic acids is 1. The maximum Gasteiger partial charge on any atom is 0.328 e. The van der Waals surface area contributed by atoms with Crippen LogP contribution in [0, 0.1) is 0 Å². The molecule has 21 heavy (non-hydrogen) atoms. The van der Waals surface area contributed by atoms with E-state index in [0.29, 0.717) is 11.2 Å². The van der Waals surface area contributed by atoms with Gasteiger partial charge in [-0.25, -0.2) is 19.7 Å². The molecule has 10 nitrogen and oxygen atoms in total. The Bertz CT molecular complexity index is 682. The average molecular weight is 293 g/mol. The van der Waals surface area contributed by atoms with Gasteiger partial charge in [-0.1, -0.05) is 0 Å². The van der Waals surface area contributed by atoms with Crippen LogP contribution in [0.1, 0.15) is 6.92 Å². The number of aromatic nitrogens is 4. The molecule has 6 N–H and O–H groups in total. The number of imidazole rings is 1. The molecule has 0 unspecified atom stereocenters. The van der Waals surface area contributed by atoms with Crippen LogP contribution in [0.3, 0.4) is 0 Å². The van der Waals surface area contributed by atoms with Gasteiger partial charge in [-0.05, 0) is 6.92 Å². The van der Waals surface area contributed by atoms with Crippen molar-refractivity contribution < 1.29 is 14.7 Å². The fourth-order valence-electron chi connectivity index (χ4n) is 1.72. The van der Waals surface area contributed by atoms with Crippen molar-refractivity contribution in [1.82, 2.24) is 24.8 Å². The summed E-state index contributed by atoms with van der Waals surface area (Å²) in [6, 6.07) is -1.96. The third-order valence-electron chi connectivity index (χ3n) is 2.84. The van der Waals surface area contributed by atoms with Gasteiger partial charge in [0.15, 0.2) is 11.5 Å². The maximum atomic E-state index is 11.5. The van der Waals surface area contributed by atoms with Gasteiger partial charge in [-0.2, -0.15) is 0 Å². The molecule has 0 radical (unpaired) electrons. The number of fused-ring (bicyclic) bond motifs is 1. The molecule has 2 aromatic rings. The predicted molar refractivity (Wildman–Crippen MR) is 73.0 cm³/mol. The van der Waals surface area contributed by atoms with Crippen LogP contribution in [0.4, 0.5) is 5.82 Å². The monoisotopic (exact) mass is 293 g/mol. The molecule has 10 heteroatoms. The highest BCUT2D eigenvalue weighted by molar-refractivity contribution is 5.86. The number of aliphatic carboxylic acids is 1. The summed E-state index contributed by atoms with van der Waals surface area (Å²) in [6.07, 6.45) is 2.65. The second-order valence-corrected chi connectivity index (χ2v) is 4.52. The van der Waals surface area contributed by atoms with Crippen molar-refractivity contribution in [3.05, 3.63) is 12.7 Å². The minimum atomic E-state index is -1.19. The molecule has 0 spiro atoms. The number of carbonyl (C=O) groups is 2. The highest BCUT2D eigenvalue weighted by Crippen LogP contribution is 2.14. The van der Waals surface area contributed by atoms with Gasteiger partial charge in [0.05, 0.1) is 18.9 Å². The van der Waals surface area contributed by atoms with Crippen LogP contribution in [-0.2, 0) is 16.1 Å². The fourth-order valence-corrected chi connectivity index (χ4v) is 1.72. The molecule has 0 aliphatic carbocycles. The molecule has 1 amide bonds. The molecule has 2 heterocycles. The van der Waals surface area contributed by atoms with Crippen molar-refractivity contribution >= 4 is 28.9 Å². The minimum absolute atomic E-state index is 0.0548. The number of nitrogen functional groups attached to an aromatic ring is 1. The van der Waals surface area contributed by atoms with Crippen molar-refractivity contribution in [3.63, 3.8) is 0 Å². The lowest BCUT2D eigenvalue weighted by Crippen LogP contribution is -2.49. The molecular formula is C11H15N7O3. The number of nitrogens with one attached hydrogen (secondary N) is 1. The Morgan fingerprint density at radius 2 is 2.14 bits per heavy atom. The standard InChI is InChI=1S/C11H15N7O3/c1-5(12)10(19)17-6(11(20)21)2-18-4-16-7-8(13)14-3-15-9(7)18/h3-6H,2,12H2,1H3,(H,17,19)(H,20,21)(H2,13,14,15)/t5-,6-/m0/s1. The Labute approximate surface area is 119 Å². The van der Waals surface area contributed by atoms with Gasteiger partial charge >= 0.3 is 5.97 Å². The van der Waals surface area contributed by atoms with Gasteiger partial charge in [0, 0.05) is 0 Å². The van der Waals surface area contributed by atoms with Crippen LogP contribution >= 0.6 is 0 Å². The van der Waals surface area contributed by atoms with Crippen molar-refractivity contribution in [2.45, 2.75) is 25.6 Å². The lowest BCUT2D eigenvalue weighted by molar-refractivity contribution is -0.142. The van der Waals surface area contributed by atoms with Crippen molar-refractivity contribution in [2.75, 3.05) is 5.73 Å². The zero-order valence-corrected chi connectivity index (χ0v) is 11.2. The second kappa shape index (κ2) is 5.71. The molecular weight excluding hydrogens is 278 g/mol. The van der Waals surface area contributed by atoms with E-state index in [1.807, 2.05) is 0 Å². The summed E-state index contributed by atoms with van der Waals surface area (Å²) >= 11 is 0. The number of carboxylic acid groups (broad SMARTS) is 1. The third kappa shape index (κ3) is 3.05. The summed E-state index contributed by atoms with van der Waals surface area (Å²) in [5.74, 6) is -1.54. The normalized spacial score (nSPS) is 13.8. The van der Waals surface area contributed by atoms with Crippen LogP contribution in [0.5, 0.6) is 0 Å². The van der Waals surface area contributed by atoms with Crippen molar-refractivity contribution in [3.8, 4) is 0 Å². The molecule has 0 aliphatic rings. The highest BCUT2D eigenvalue weighted by atomic mass is 16.4. The van der Waals surface area contributed by atoms with E-state index in [1.54, 1.807) is 0 Å². The Hall–Kier alpha value is -2.75. The summed E-state index contributed by atoms with van der Waals surface area (Å²) in [5.41, 5.74) is 11.8. The number of rotatable bonds is 5. The van der Waals surface area contributed by atoms with Gasteiger partial charge in [0.1, 0.15) is 17.9 Å². The molecule has 2 rings (SSSR count). The Kier molecular flexibility index (Phi) is 3.98. The molecule has 0 fully saturated rings.